The first-order valence-corrected chi connectivity index (χ1v) is 13.2. The normalized spacial score (nSPS) is 14.1. The molecule has 0 spiro atoms. The van der Waals surface area contributed by atoms with Crippen LogP contribution in [-0.2, 0) is 12.8 Å². The fraction of sp³-hybridized carbons (Fsp3) is 0.357. The Morgan fingerprint density at radius 2 is 1.66 bits per heavy atom. The Morgan fingerprint density at radius 1 is 0.943 bits per heavy atom. The number of pyridine rings is 1. The van der Waals surface area contributed by atoms with E-state index in [0.29, 0.717) is 45.5 Å². The van der Waals surface area contributed by atoms with Crippen molar-refractivity contribution in [1.82, 2.24) is 4.98 Å². The second-order valence-corrected chi connectivity index (χ2v) is 10.4. The molecule has 1 heterocycles. The Balaban J connectivity index is 1.62. The van der Waals surface area contributed by atoms with Crippen molar-refractivity contribution in [1.29, 1.82) is 0 Å². The molecule has 0 unspecified atom stereocenters. The maximum absolute atomic E-state index is 12.3. The van der Waals surface area contributed by atoms with Crippen molar-refractivity contribution >= 4 is 40.7 Å². The van der Waals surface area contributed by atoms with Gasteiger partial charge in [-0.1, -0.05) is 72.3 Å². The zero-order chi connectivity index (χ0) is 24.8. The van der Waals surface area contributed by atoms with Gasteiger partial charge in [0.25, 0.3) is 5.91 Å². The molecule has 184 valence electrons. The first-order valence-electron chi connectivity index (χ1n) is 12.1. The Labute approximate surface area is 221 Å². The van der Waals surface area contributed by atoms with Crippen molar-refractivity contribution in [2.24, 2.45) is 11.7 Å². The van der Waals surface area contributed by atoms with Crippen LogP contribution in [-0.4, -0.2) is 17.5 Å². The van der Waals surface area contributed by atoms with Crippen LogP contribution < -0.4 is 10.5 Å². The Bertz CT molecular complexity index is 1180. The second kappa shape index (κ2) is 12.1. The first kappa shape index (κ1) is 25.8. The lowest BCUT2D eigenvalue weighted by Gasteiger charge is -2.22. The number of primary amides is 1. The number of hydrogen-bond acceptors (Lipinski definition) is 3. The number of aryl methyl sites for hydroxylation is 2. The number of halogens is 3. The number of rotatable bonds is 9. The minimum absolute atomic E-state index is 0.301. The van der Waals surface area contributed by atoms with Crippen molar-refractivity contribution in [2.45, 2.75) is 51.4 Å². The molecule has 4 nitrogen and oxygen atoms in total. The van der Waals surface area contributed by atoms with E-state index < -0.39 is 5.91 Å². The van der Waals surface area contributed by atoms with Gasteiger partial charge in [0.15, 0.2) is 0 Å². The molecule has 7 heteroatoms. The summed E-state index contributed by atoms with van der Waals surface area (Å²) < 4.78 is 6.12. The van der Waals surface area contributed by atoms with Crippen LogP contribution in [0.3, 0.4) is 0 Å². The van der Waals surface area contributed by atoms with Gasteiger partial charge in [0.1, 0.15) is 5.56 Å². The van der Waals surface area contributed by atoms with Gasteiger partial charge in [0, 0.05) is 20.6 Å². The summed E-state index contributed by atoms with van der Waals surface area (Å²) in [6.45, 7) is 0.549. The summed E-state index contributed by atoms with van der Waals surface area (Å²) in [7, 11) is 0. The molecule has 1 aliphatic carbocycles. The van der Waals surface area contributed by atoms with Crippen molar-refractivity contribution in [3.05, 3.63) is 80.4 Å². The predicted octanol–water partition coefficient (Wildman–Crippen LogP) is 7.94. The second-order valence-electron chi connectivity index (χ2n) is 9.11. The van der Waals surface area contributed by atoms with Crippen LogP contribution in [0.2, 0.25) is 15.1 Å². The molecular weight excluding hydrogens is 503 g/mol. The standard InChI is InChI=1S/C28H29Cl3N2O2/c29-21-12-9-19(10-13-21)23-16-24(27(32)34)28(35-17-18-5-2-1-3-6-18)33-26(23)8-4-7-20-11-14-22(30)15-25(20)31/h9-16,18H,1-8,17H2,(H2,32,34). The number of benzene rings is 2. The number of aromatic nitrogens is 1. The molecule has 1 amide bonds. The van der Waals surface area contributed by atoms with Gasteiger partial charge in [-0.15, -0.1) is 0 Å². The molecule has 3 aromatic rings. The van der Waals surface area contributed by atoms with Crippen LogP contribution in [0.4, 0.5) is 0 Å². The van der Waals surface area contributed by atoms with Gasteiger partial charge in [0.2, 0.25) is 5.88 Å². The van der Waals surface area contributed by atoms with Crippen LogP contribution in [0.5, 0.6) is 5.88 Å². The van der Waals surface area contributed by atoms with Crippen LogP contribution >= 0.6 is 34.8 Å². The average Bonchev–Trinajstić information content (AvgIpc) is 2.85. The molecule has 0 saturated heterocycles. The highest BCUT2D eigenvalue weighted by Gasteiger charge is 2.20. The topological polar surface area (TPSA) is 65.2 Å². The quantitative estimate of drug-likeness (QED) is 0.305. The van der Waals surface area contributed by atoms with Gasteiger partial charge < -0.3 is 10.5 Å². The zero-order valence-corrected chi connectivity index (χ0v) is 21.8. The smallest absolute Gasteiger partial charge is 0.254 e. The fourth-order valence-corrected chi connectivity index (χ4v) is 5.24. The molecule has 0 atom stereocenters. The van der Waals surface area contributed by atoms with E-state index in [-0.39, 0.29) is 0 Å². The number of nitrogens with two attached hydrogens (primary N) is 1. The summed E-state index contributed by atoms with van der Waals surface area (Å²) in [5, 5.41) is 1.92. The highest BCUT2D eigenvalue weighted by molar-refractivity contribution is 6.35. The van der Waals surface area contributed by atoms with Gasteiger partial charge in [-0.3, -0.25) is 4.79 Å². The molecule has 2 N–H and O–H groups in total. The van der Waals surface area contributed by atoms with Crippen molar-refractivity contribution in [3.8, 4) is 17.0 Å². The summed E-state index contributed by atoms with van der Waals surface area (Å²) >= 11 is 18.5. The molecule has 0 aliphatic heterocycles. The Morgan fingerprint density at radius 3 is 2.34 bits per heavy atom. The molecular formula is C28H29Cl3N2O2. The minimum Gasteiger partial charge on any atom is -0.477 e. The van der Waals surface area contributed by atoms with Crippen LogP contribution in [0, 0.1) is 5.92 Å². The lowest BCUT2D eigenvalue weighted by atomic mass is 9.90. The Kier molecular flexibility index (Phi) is 8.94. The summed E-state index contributed by atoms with van der Waals surface area (Å²) in [5.41, 5.74) is 9.70. The molecule has 35 heavy (non-hydrogen) atoms. The van der Waals surface area contributed by atoms with Gasteiger partial charge in [0.05, 0.1) is 12.3 Å². The van der Waals surface area contributed by atoms with Crippen LogP contribution in [0.1, 0.15) is 60.1 Å². The number of carbonyl (C=O) groups excluding carboxylic acids is 1. The van der Waals surface area contributed by atoms with E-state index in [2.05, 4.69) is 0 Å². The van der Waals surface area contributed by atoms with E-state index in [0.717, 1.165) is 48.1 Å². The van der Waals surface area contributed by atoms with Gasteiger partial charge in [-0.2, -0.15) is 0 Å². The van der Waals surface area contributed by atoms with Gasteiger partial charge in [-0.25, -0.2) is 4.98 Å². The van der Waals surface area contributed by atoms with Gasteiger partial charge in [-0.05, 0) is 79.5 Å². The minimum atomic E-state index is -0.550. The van der Waals surface area contributed by atoms with E-state index >= 15 is 0 Å². The maximum Gasteiger partial charge on any atom is 0.254 e. The van der Waals surface area contributed by atoms with E-state index in [1.54, 1.807) is 12.1 Å². The molecule has 0 bridgehead atoms. The molecule has 4 rings (SSSR count). The molecule has 1 saturated carbocycles. The molecule has 1 aromatic heterocycles. The number of ether oxygens (including phenoxy) is 1. The lowest BCUT2D eigenvalue weighted by molar-refractivity contribution is 0.0993. The van der Waals surface area contributed by atoms with E-state index in [1.165, 1.54) is 19.3 Å². The Hall–Kier alpha value is -2.27. The molecule has 1 fully saturated rings. The third kappa shape index (κ3) is 6.91. The SMILES string of the molecule is NC(=O)c1cc(-c2ccc(Cl)cc2)c(CCCc2ccc(Cl)cc2Cl)nc1OCC1CCCCC1. The summed E-state index contributed by atoms with van der Waals surface area (Å²) in [5.74, 6) is 0.254. The lowest BCUT2D eigenvalue weighted by Crippen LogP contribution is -2.20. The largest absolute Gasteiger partial charge is 0.477 e. The number of carbonyl (C=O) groups is 1. The average molecular weight is 532 g/mol. The molecule has 2 aromatic carbocycles. The number of hydrogen-bond donors (Lipinski definition) is 1. The fourth-order valence-electron chi connectivity index (χ4n) is 4.61. The zero-order valence-electron chi connectivity index (χ0n) is 19.5. The maximum atomic E-state index is 12.3. The van der Waals surface area contributed by atoms with Crippen LogP contribution in [0.25, 0.3) is 11.1 Å². The third-order valence-electron chi connectivity index (χ3n) is 6.54. The van der Waals surface area contributed by atoms with Gasteiger partial charge >= 0.3 is 0 Å². The monoisotopic (exact) mass is 530 g/mol. The van der Waals surface area contributed by atoms with Crippen molar-refractivity contribution in [2.75, 3.05) is 6.61 Å². The molecule has 1 aliphatic rings. The van der Waals surface area contributed by atoms with Crippen molar-refractivity contribution in [3.63, 3.8) is 0 Å². The van der Waals surface area contributed by atoms with Crippen molar-refractivity contribution < 1.29 is 9.53 Å². The predicted molar refractivity (Wildman–Crippen MR) is 144 cm³/mol. The van der Waals surface area contributed by atoms with E-state index in [1.807, 2.05) is 36.4 Å². The van der Waals surface area contributed by atoms with Crippen LogP contribution in [0.15, 0.2) is 48.5 Å². The summed E-state index contributed by atoms with van der Waals surface area (Å²) in [6, 6.07) is 14.9. The third-order valence-corrected chi connectivity index (χ3v) is 7.38. The van der Waals surface area contributed by atoms with E-state index in [9.17, 15) is 4.79 Å². The van der Waals surface area contributed by atoms with E-state index in [4.69, 9.17) is 50.3 Å². The summed E-state index contributed by atoms with van der Waals surface area (Å²) in [6.07, 6.45) is 8.26. The number of amides is 1. The highest BCUT2D eigenvalue weighted by Crippen LogP contribution is 2.32. The summed E-state index contributed by atoms with van der Waals surface area (Å²) in [4.78, 5) is 17.2. The number of nitrogens with zero attached hydrogens (tertiary/aromatic N) is 1. The molecule has 0 radical (unpaired) electrons. The highest BCUT2D eigenvalue weighted by atomic mass is 35.5. The first-order chi connectivity index (χ1) is 16.9.